The third-order valence-electron chi connectivity index (χ3n) is 10.4. The SMILES string of the molecule is CC/C=C/C=C/C=C/C=C\CCCCCCCC(=O)OC(CCCCCCC/C=C\CCCCCC)CC(=O)NC(CO)C(O)CCCCCCCCCCC. The molecule has 6 nitrogen and oxygen atoms in total. The minimum absolute atomic E-state index is 0.0605. The lowest BCUT2D eigenvalue weighted by molar-refractivity contribution is -0.151. The molecule has 0 heterocycles. The van der Waals surface area contributed by atoms with Gasteiger partial charge in [-0.1, -0.05) is 197 Å². The van der Waals surface area contributed by atoms with Gasteiger partial charge in [0.2, 0.25) is 5.91 Å². The molecule has 0 aromatic carbocycles. The number of carbonyl (C=O) groups excluding carboxylic acids is 2. The van der Waals surface area contributed by atoms with Crippen LogP contribution in [-0.4, -0.2) is 46.9 Å². The molecule has 0 aliphatic carbocycles. The number of amides is 1. The Bertz CT molecular complexity index is 1010. The van der Waals surface area contributed by atoms with Gasteiger partial charge in [-0.2, -0.15) is 0 Å². The third-order valence-corrected chi connectivity index (χ3v) is 10.4. The van der Waals surface area contributed by atoms with Crippen LogP contribution in [0.25, 0.3) is 0 Å². The molecule has 324 valence electrons. The van der Waals surface area contributed by atoms with E-state index in [1.807, 2.05) is 18.2 Å². The van der Waals surface area contributed by atoms with Crippen LogP contribution >= 0.6 is 0 Å². The van der Waals surface area contributed by atoms with E-state index in [4.69, 9.17) is 4.74 Å². The number of ether oxygens (including phenoxy) is 1. The van der Waals surface area contributed by atoms with E-state index >= 15 is 0 Å². The number of carbonyl (C=O) groups is 2. The van der Waals surface area contributed by atoms with E-state index < -0.39 is 18.2 Å². The van der Waals surface area contributed by atoms with Crippen molar-refractivity contribution in [3.8, 4) is 0 Å². The maximum Gasteiger partial charge on any atom is 0.306 e. The van der Waals surface area contributed by atoms with E-state index in [1.54, 1.807) is 0 Å². The molecular weight excluding hydrogens is 695 g/mol. The van der Waals surface area contributed by atoms with E-state index in [-0.39, 0.29) is 24.9 Å². The maximum absolute atomic E-state index is 13.1. The molecule has 1 amide bonds. The second kappa shape index (κ2) is 43.7. The molecule has 6 heteroatoms. The van der Waals surface area contributed by atoms with Gasteiger partial charge in [0.25, 0.3) is 0 Å². The summed E-state index contributed by atoms with van der Waals surface area (Å²) in [5, 5.41) is 23.6. The van der Waals surface area contributed by atoms with Crippen LogP contribution in [0.3, 0.4) is 0 Å². The number of hydrogen-bond donors (Lipinski definition) is 3. The second-order valence-corrected chi connectivity index (χ2v) is 15.9. The van der Waals surface area contributed by atoms with E-state index in [1.165, 1.54) is 83.5 Å². The van der Waals surface area contributed by atoms with E-state index in [0.717, 1.165) is 89.9 Å². The van der Waals surface area contributed by atoms with Crippen LogP contribution in [0.15, 0.2) is 60.8 Å². The fourth-order valence-corrected chi connectivity index (χ4v) is 6.85. The number of aliphatic hydroxyl groups excluding tert-OH is 2. The van der Waals surface area contributed by atoms with Gasteiger partial charge in [0, 0.05) is 6.42 Å². The largest absolute Gasteiger partial charge is 0.462 e. The zero-order valence-electron chi connectivity index (χ0n) is 36.8. The van der Waals surface area contributed by atoms with E-state index in [9.17, 15) is 19.8 Å². The molecule has 3 N–H and O–H groups in total. The Morgan fingerprint density at radius 3 is 1.54 bits per heavy atom. The molecule has 3 atom stereocenters. The quantitative estimate of drug-likeness (QED) is 0.0248. The first-order valence-corrected chi connectivity index (χ1v) is 23.6. The first-order chi connectivity index (χ1) is 27.5. The van der Waals surface area contributed by atoms with Gasteiger partial charge >= 0.3 is 5.97 Å². The van der Waals surface area contributed by atoms with Gasteiger partial charge in [-0.15, -0.1) is 0 Å². The summed E-state index contributed by atoms with van der Waals surface area (Å²) in [6.07, 6.45) is 52.7. The van der Waals surface area contributed by atoms with Gasteiger partial charge in [0.15, 0.2) is 0 Å². The first-order valence-electron chi connectivity index (χ1n) is 23.6. The van der Waals surface area contributed by atoms with Crippen LogP contribution in [0.1, 0.15) is 220 Å². The van der Waals surface area contributed by atoms with Crippen LogP contribution < -0.4 is 5.32 Å². The fourth-order valence-electron chi connectivity index (χ4n) is 6.85. The lowest BCUT2D eigenvalue weighted by atomic mass is 10.0. The van der Waals surface area contributed by atoms with Crippen molar-refractivity contribution in [1.82, 2.24) is 5.32 Å². The van der Waals surface area contributed by atoms with Crippen LogP contribution in [0.4, 0.5) is 0 Å². The number of nitrogens with one attached hydrogen (secondary N) is 1. The smallest absolute Gasteiger partial charge is 0.306 e. The zero-order valence-corrected chi connectivity index (χ0v) is 36.8. The topological polar surface area (TPSA) is 95.9 Å². The fraction of sp³-hybridized carbons (Fsp3) is 0.760. The number of aliphatic hydroxyl groups is 2. The van der Waals surface area contributed by atoms with Gasteiger partial charge in [-0.05, 0) is 70.6 Å². The molecule has 0 aromatic rings. The molecule has 56 heavy (non-hydrogen) atoms. The standard InChI is InChI=1S/C50H89NO5/c1-4-7-10-13-16-19-21-23-24-26-28-31-34-37-40-43-50(55)56-46(41-38-35-32-30-27-25-22-20-17-14-11-8-5-2)44-49(54)51-47(45-52)48(53)42-39-36-33-29-18-15-12-9-6-3/h7,10,13,16,19-24,46-48,52-53H,4-6,8-9,11-12,14-15,17-18,25-45H2,1-3H3,(H,51,54)/b10-7+,16-13+,21-19+,22-20-,24-23-. The van der Waals surface area contributed by atoms with Crippen molar-refractivity contribution >= 4 is 11.9 Å². The van der Waals surface area contributed by atoms with E-state index in [0.29, 0.717) is 19.3 Å². The van der Waals surface area contributed by atoms with Gasteiger partial charge < -0.3 is 20.3 Å². The van der Waals surface area contributed by atoms with Crippen molar-refractivity contribution in [3.05, 3.63) is 60.8 Å². The van der Waals surface area contributed by atoms with Crippen molar-refractivity contribution in [2.24, 2.45) is 0 Å². The molecule has 0 radical (unpaired) electrons. The summed E-state index contributed by atoms with van der Waals surface area (Å²) in [5.41, 5.74) is 0. The Labute approximate surface area is 346 Å². The minimum atomic E-state index is -0.793. The van der Waals surface area contributed by atoms with Crippen LogP contribution in [0, 0.1) is 0 Å². The summed E-state index contributed by atoms with van der Waals surface area (Å²) in [5.74, 6) is -0.512. The predicted octanol–water partition coefficient (Wildman–Crippen LogP) is 13.7. The van der Waals surface area contributed by atoms with Gasteiger partial charge in [0.1, 0.15) is 6.10 Å². The molecule has 3 unspecified atom stereocenters. The highest BCUT2D eigenvalue weighted by Crippen LogP contribution is 2.17. The Hall–Kier alpha value is -2.44. The summed E-state index contributed by atoms with van der Waals surface area (Å²) in [6, 6.07) is -0.708. The Balaban J connectivity index is 4.65. The van der Waals surface area contributed by atoms with Crippen molar-refractivity contribution in [2.75, 3.05) is 6.61 Å². The number of unbranched alkanes of at least 4 members (excludes halogenated alkanes) is 22. The molecule has 0 rings (SSSR count). The van der Waals surface area contributed by atoms with E-state index in [2.05, 4.69) is 68.6 Å². The highest BCUT2D eigenvalue weighted by molar-refractivity contribution is 5.77. The van der Waals surface area contributed by atoms with Crippen molar-refractivity contribution in [2.45, 2.75) is 238 Å². The van der Waals surface area contributed by atoms with Crippen molar-refractivity contribution in [1.29, 1.82) is 0 Å². The predicted molar refractivity (Wildman–Crippen MR) is 241 cm³/mol. The van der Waals surface area contributed by atoms with Crippen LogP contribution in [0.2, 0.25) is 0 Å². The second-order valence-electron chi connectivity index (χ2n) is 15.9. The highest BCUT2D eigenvalue weighted by Gasteiger charge is 2.24. The molecule has 0 fully saturated rings. The maximum atomic E-state index is 13.1. The summed E-state index contributed by atoms with van der Waals surface area (Å²) in [7, 11) is 0. The normalized spacial score (nSPS) is 13.9. The molecule has 0 saturated carbocycles. The molecule has 0 aliphatic rings. The monoisotopic (exact) mass is 784 g/mol. The minimum Gasteiger partial charge on any atom is -0.462 e. The first kappa shape index (κ1) is 53.6. The Morgan fingerprint density at radius 2 is 0.982 bits per heavy atom. The summed E-state index contributed by atoms with van der Waals surface area (Å²) < 4.78 is 5.90. The molecule has 0 aromatic heterocycles. The van der Waals surface area contributed by atoms with Crippen LogP contribution in [-0.2, 0) is 14.3 Å². The highest BCUT2D eigenvalue weighted by atomic mass is 16.5. The zero-order chi connectivity index (χ0) is 41.0. The Kier molecular flexibility index (Phi) is 41.8. The van der Waals surface area contributed by atoms with Crippen molar-refractivity contribution < 1.29 is 24.5 Å². The molecule has 0 bridgehead atoms. The molecule has 0 spiro atoms. The number of esters is 1. The summed E-state index contributed by atoms with van der Waals surface area (Å²) >= 11 is 0. The Morgan fingerprint density at radius 1 is 0.536 bits per heavy atom. The average Bonchev–Trinajstić information content (AvgIpc) is 3.19. The van der Waals surface area contributed by atoms with Crippen LogP contribution in [0.5, 0.6) is 0 Å². The lowest BCUT2D eigenvalue weighted by Gasteiger charge is -2.24. The molecule has 0 aliphatic heterocycles. The summed E-state index contributed by atoms with van der Waals surface area (Å²) in [4.78, 5) is 26.0. The number of rotatable bonds is 41. The van der Waals surface area contributed by atoms with Gasteiger partial charge in [0.05, 0.1) is 25.2 Å². The molecule has 0 saturated heterocycles. The van der Waals surface area contributed by atoms with Gasteiger partial charge in [-0.25, -0.2) is 0 Å². The lowest BCUT2D eigenvalue weighted by Crippen LogP contribution is -2.46. The third kappa shape index (κ3) is 38.4. The number of hydrogen-bond acceptors (Lipinski definition) is 5. The number of allylic oxidation sites excluding steroid dienone is 10. The molecular formula is C50H89NO5. The average molecular weight is 784 g/mol. The summed E-state index contributed by atoms with van der Waals surface area (Å²) in [6.45, 7) is 6.29. The van der Waals surface area contributed by atoms with Crippen molar-refractivity contribution in [3.63, 3.8) is 0 Å². The van der Waals surface area contributed by atoms with Gasteiger partial charge in [-0.3, -0.25) is 9.59 Å².